The highest BCUT2D eigenvalue weighted by Gasteiger charge is 2.52. The van der Waals surface area contributed by atoms with Crippen LogP contribution in [0, 0.1) is 0 Å². The summed E-state index contributed by atoms with van der Waals surface area (Å²) in [4.78, 5) is 42.0. The number of nitrogens with one attached hydrogen (secondary N) is 2. The van der Waals surface area contributed by atoms with Crippen molar-refractivity contribution < 1.29 is 19.1 Å². The zero-order chi connectivity index (χ0) is 21.8. The molecule has 1 saturated carbocycles. The smallest absolute Gasteiger partial charge is 0.344 e. The second kappa shape index (κ2) is 9.13. The number of benzene rings is 1. The number of hydrazine groups is 1. The van der Waals surface area contributed by atoms with Gasteiger partial charge in [-0.25, -0.2) is 4.79 Å². The van der Waals surface area contributed by atoms with Crippen molar-refractivity contribution in [1.82, 2.24) is 20.7 Å². The predicted octanol–water partition coefficient (Wildman–Crippen LogP) is 1.49. The van der Waals surface area contributed by atoms with Crippen LogP contribution in [0.3, 0.4) is 0 Å². The van der Waals surface area contributed by atoms with E-state index in [1.165, 1.54) is 0 Å². The predicted molar refractivity (Wildman–Crippen MR) is 116 cm³/mol. The number of carbonyl (C=O) groups is 3. The first kappa shape index (κ1) is 21.4. The van der Waals surface area contributed by atoms with Crippen LogP contribution in [-0.2, 0) is 9.59 Å². The first-order valence-corrected chi connectivity index (χ1v) is 11.2. The lowest BCUT2D eigenvalue weighted by Crippen LogP contribution is -2.54. The van der Waals surface area contributed by atoms with E-state index >= 15 is 0 Å². The first-order chi connectivity index (χ1) is 15.0. The normalized spacial score (nSPS) is 21.3. The number of amides is 4. The van der Waals surface area contributed by atoms with Gasteiger partial charge < -0.3 is 15.0 Å². The quantitative estimate of drug-likeness (QED) is 0.666. The van der Waals surface area contributed by atoms with Gasteiger partial charge in [0.15, 0.2) is 0 Å². The van der Waals surface area contributed by atoms with Crippen molar-refractivity contribution in [3.8, 4) is 5.75 Å². The molecular formula is C22H31N5O4. The second-order valence-corrected chi connectivity index (χ2v) is 8.41. The number of ether oxygens (including phenoxy) is 1. The fourth-order valence-corrected chi connectivity index (χ4v) is 4.72. The summed E-state index contributed by atoms with van der Waals surface area (Å²) in [6, 6.07) is 7.44. The number of anilines is 1. The number of nitrogens with zero attached hydrogens (tertiary/aromatic N) is 3. The number of hydrogen-bond acceptors (Lipinski definition) is 6. The van der Waals surface area contributed by atoms with Crippen molar-refractivity contribution in [3.05, 3.63) is 24.3 Å². The number of hydrogen-bond donors (Lipinski definition) is 2. The lowest BCUT2D eigenvalue weighted by molar-refractivity contribution is -0.140. The van der Waals surface area contributed by atoms with Crippen LogP contribution in [0.2, 0.25) is 0 Å². The van der Waals surface area contributed by atoms with Gasteiger partial charge in [0, 0.05) is 26.2 Å². The number of urea groups is 1. The highest BCUT2D eigenvalue weighted by Crippen LogP contribution is 2.33. The lowest BCUT2D eigenvalue weighted by Gasteiger charge is -2.36. The van der Waals surface area contributed by atoms with Crippen LogP contribution in [0.4, 0.5) is 10.5 Å². The second-order valence-electron chi connectivity index (χ2n) is 8.41. The van der Waals surface area contributed by atoms with Gasteiger partial charge in [0.05, 0.1) is 18.8 Å². The van der Waals surface area contributed by atoms with Crippen molar-refractivity contribution in [2.75, 3.05) is 44.2 Å². The third-order valence-corrected chi connectivity index (χ3v) is 6.35. The third-order valence-electron chi connectivity index (χ3n) is 6.35. The molecule has 2 N–H and O–H groups in total. The summed E-state index contributed by atoms with van der Waals surface area (Å²) in [5.74, 6) is 0.189. The van der Waals surface area contributed by atoms with Gasteiger partial charge in [0.25, 0.3) is 11.8 Å². The van der Waals surface area contributed by atoms with Gasteiger partial charge in [0.1, 0.15) is 11.3 Å². The van der Waals surface area contributed by atoms with Gasteiger partial charge in [-0.05, 0) is 31.9 Å². The molecule has 0 aromatic heterocycles. The largest absolute Gasteiger partial charge is 0.492 e. The molecule has 3 aliphatic rings. The fraction of sp³-hybridized carbons (Fsp3) is 0.591. The maximum atomic E-state index is 12.8. The molecule has 1 aromatic rings. The number of rotatable bonds is 6. The van der Waals surface area contributed by atoms with E-state index in [2.05, 4.69) is 15.6 Å². The molecule has 168 valence electrons. The molecule has 1 aromatic carbocycles. The Labute approximate surface area is 182 Å². The zero-order valence-corrected chi connectivity index (χ0v) is 18.1. The topological polar surface area (TPSA) is 94.2 Å². The summed E-state index contributed by atoms with van der Waals surface area (Å²) < 4.78 is 5.73. The molecule has 4 rings (SSSR count). The Morgan fingerprint density at radius 1 is 1.10 bits per heavy atom. The van der Waals surface area contributed by atoms with E-state index in [1.807, 2.05) is 36.1 Å². The summed E-state index contributed by atoms with van der Waals surface area (Å²) in [5, 5.41) is 3.69. The van der Waals surface area contributed by atoms with Crippen LogP contribution < -0.4 is 20.4 Å². The Kier molecular flexibility index (Phi) is 6.31. The van der Waals surface area contributed by atoms with Crippen LogP contribution in [0.5, 0.6) is 5.75 Å². The zero-order valence-electron chi connectivity index (χ0n) is 18.1. The number of piperazine rings is 1. The van der Waals surface area contributed by atoms with E-state index < -0.39 is 11.6 Å². The Morgan fingerprint density at radius 3 is 2.52 bits per heavy atom. The van der Waals surface area contributed by atoms with Crippen molar-refractivity contribution in [1.29, 1.82) is 0 Å². The van der Waals surface area contributed by atoms with E-state index in [0.717, 1.165) is 48.8 Å². The molecular weight excluding hydrogens is 398 g/mol. The molecule has 3 fully saturated rings. The Hall–Kier alpha value is -2.81. The third kappa shape index (κ3) is 4.46. The van der Waals surface area contributed by atoms with Gasteiger partial charge in [-0.1, -0.05) is 31.4 Å². The van der Waals surface area contributed by atoms with Crippen molar-refractivity contribution in [3.63, 3.8) is 0 Å². The van der Waals surface area contributed by atoms with E-state index in [-0.39, 0.29) is 18.4 Å². The van der Waals surface area contributed by atoms with Crippen molar-refractivity contribution in [2.24, 2.45) is 0 Å². The molecule has 0 bridgehead atoms. The van der Waals surface area contributed by atoms with Crippen LogP contribution in [-0.4, -0.2) is 72.6 Å². The molecule has 1 spiro atoms. The van der Waals surface area contributed by atoms with Crippen molar-refractivity contribution >= 4 is 23.5 Å². The first-order valence-electron chi connectivity index (χ1n) is 11.2. The highest BCUT2D eigenvalue weighted by molar-refractivity contribution is 6.08. The van der Waals surface area contributed by atoms with Gasteiger partial charge in [-0.15, -0.1) is 0 Å². The van der Waals surface area contributed by atoms with Crippen LogP contribution >= 0.6 is 0 Å². The monoisotopic (exact) mass is 429 g/mol. The molecule has 1 aliphatic carbocycles. The summed E-state index contributed by atoms with van der Waals surface area (Å²) in [6.45, 7) is 5.67. The van der Waals surface area contributed by atoms with Crippen molar-refractivity contribution in [2.45, 2.75) is 44.6 Å². The molecule has 9 nitrogen and oxygen atoms in total. The summed E-state index contributed by atoms with van der Waals surface area (Å²) in [7, 11) is 0. The Morgan fingerprint density at radius 2 is 1.81 bits per heavy atom. The van der Waals surface area contributed by atoms with Crippen LogP contribution in [0.25, 0.3) is 0 Å². The average Bonchev–Trinajstić information content (AvgIpc) is 2.99. The molecule has 2 aliphatic heterocycles. The van der Waals surface area contributed by atoms with Gasteiger partial charge in [-0.2, -0.15) is 5.01 Å². The van der Waals surface area contributed by atoms with Gasteiger partial charge in [0.2, 0.25) is 0 Å². The molecule has 4 amide bonds. The number of imide groups is 1. The summed E-state index contributed by atoms with van der Waals surface area (Å²) in [5.41, 5.74) is 2.75. The maximum absolute atomic E-state index is 12.8. The van der Waals surface area contributed by atoms with Gasteiger partial charge in [-0.3, -0.25) is 19.9 Å². The fourth-order valence-electron chi connectivity index (χ4n) is 4.72. The van der Waals surface area contributed by atoms with Crippen LogP contribution in [0.15, 0.2) is 24.3 Å². The molecule has 2 heterocycles. The average molecular weight is 430 g/mol. The van der Waals surface area contributed by atoms with Gasteiger partial charge >= 0.3 is 6.03 Å². The molecule has 0 unspecified atom stereocenters. The minimum Gasteiger partial charge on any atom is -0.492 e. The lowest BCUT2D eigenvalue weighted by atomic mass is 9.82. The maximum Gasteiger partial charge on any atom is 0.344 e. The van der Waals surface area contributed by atoms with Crippen LogP contribution in [0.1, 0.15) is 39.0 Å². The van der Waals surface area contributed by atoms with E-state index in [1.54, 1.807) is 0 Å². The minimum absolute atomic E-state index is 0.144. The molecule has 2 saturated heterocycles. The number of carbonyl (C=O) groups excluding carboxylic acids is 3. The summed E-state index contributed by atoms with van der Waals surface area (Å²) in [6.07, 6.45) is 4.15. The molecule has 31 heavy (non-hydrogen) atoms. The highest BCUT2D eigenvalue weighted by atomic mass is 16.5. The summed E-state index contributed by atoms with van der Waals surface area (Å²) >= 11 is 0. The number of para-hydroxylation sites is 2. The Bertz CT molecular complexity index is 831. The minimum atomic E-state index is -0.831. The molecule has 0 atom stereocenters. The Balaban J connectivity index is 1.29. The molecule has 9 heteroatoms. The van der Waals surface area contributed by atoms with E-state index in [0.29, 0.717) is 32.5 Å². The standard InChI is InChI=1S/C22H31N5O4/c1-2-31-18-9-5-4-8-17(18)26-14-12-25(13-15-26)16-19(28)24-27-20(29)22(23-21(27)30)10-6-3-7-11-22/h4-5,8-9H,2-3,6-7,10-16H2,1H3,(H,23,30)(H,24,28). The molecule has 0 radical (unpaired) electrons. The van der Waals surface area contributed by atoms with E-state index in [9.17, 15) is 14.4 Å². The SMILES string of the molecule is CCOc1ccccc1N1CCN(CC(=O)NN2C(=O)NC3(CCCCC3)C2=O)CC1. The van der Waals surface area contributed by atoms with E-state index in [4.69, 9.17) is 4.74 Å².